The predicted octanol–water partition coefficient (Wildman–Crippen LogP) is 4.82. The summed E-state index contributed by atoms with van der Waals surface area (Å²) in [6, 6.07) is 8.49. The van der Waals surface area contributed by atoms with E-state index in [1.165, 1.54) is 6.07 Å². The van der Waals surface area contributed by atoms with Crippen molar-refractivity contribution in [2.45, 2.75) is 13.5 Å². The van der Waals surface area contributed by atoms with Gasteiger partial charge in [-0.25, -0.2) is 4.79 Å². The number of carboxylic acids is 1. The Bertz CT molecular complexity index is 752. The van der Waals surface area contributed by atoms with Crippen LogP contribution in [0, 0.1) is 0 Å². The topological polar surface area (TPSA) is 67.8 Å². The summed E-state index contributed by atoms with van der Waals surface area (Å²) in [6.45, 7) is 2.95. The van der Waals surface area contributed by atoms with Gasteiger partial charge in [0, 0.05) is 16.7 Å². The van der Waals surface area contributed by atoms with E-state index in [9.17, 15) is 4.79 Å². The molecule has 0 radical (unpaired) electrons. The number of anilines is 1. The second-order valence-electron chi connectivity index (χ2n) is 4.88. The average Bonchev–Trinajstić information content (AvgIpc) is 2.54. The zero-order chi connectivity index (χ0) is 17.7. The lowest BCUT2D eigenvalue weighted by Gasteiger charge is -2.14. The molecule has 0 amide bonds. The van der Waals surface area contributed by atoms with Gasteiger partial charge >= 0.3 is 5.97 Å². The fourth-order valence-electron chi connectivity index (χ4n) is 2.14. The number of aromatic carboxylic acids is 1. The molecule has 0 spiro atoms. The second kappa shape index (κ2) is 8.26. The van der Waals surface area contributed by atoms with Gasteiger partial charge in [-0.1, -0.05) is 27.5 Å². The van der Waals surface area contributed by atoms with Crippen LogP contribution in [-0.2, 0) is 6.54 Å². The first-order valence-corrected chi connectivity index (χ1v) is 8.39. The van der Waals surface area contributed by atoms with E-state index in [2.05, 4.69) is 21.2 Å². The first-order chi connectivity index (χ1) is 11.5. The number of carbonyl (C=O) groups is 1. The van der Waals surface area contributed by atoms with Crippen LogP contribution in [0.25, 0.3) is 0 Å². The molecule has 24 heavy (non-hydrogen) atoms. The summed E-state index contributed by atoms with van der Waals surface area (Å²) in [5, 5.41) is 12.4. The van der Waals surface area contributed by atoms with E-state index < -0.39 is 5.97 Å². The molecule has 0 aromatic heterocycles. The molecular formula is C17H17BrClNO4. The van der Waals surface area contributed by atoms with Crippen molar-refractivity contribution in [1.29, 1.82) is 0 Å². The Morgan fingerprint density at radius 2 is 2.04 bits per heavy atom. The molecule has 0 aliphatic carbocycles. The van der Waals surface area contributed by atoms with Gasteiger partial charge in [0.25, 0.3) is 0 Å². The summed E-state index contributed by atoms with van der Waals surface area (Å²) < 4.78 is 11.8. The lowest BCUT2D eigenvalue weighted by Crippen LogP contribution is -2.04. The van der Waals surface area contributed by atoms with Crippen LogP contribution in [0.1, 0.15) is 22.8 Å². The summed E-state index contributed by atoms with van der Waals surface area (Å²) in [4.78, 5) is 11.0. The standard InChI is InChI=1S/C17H17BrClNO4/c1-3-24-16-6-10(13(18)8-15(16)23-2)9-20-11-4-5-12(17(21)22)14(19)7-11/h4-8,20H,3,9H2,1-2H3,(H,21,22). The van der Waals surface area contributed by atoms with Crippen LogP contribution in [0.3, 0.4) is 0 Å². The van der Waals surface area contributed by atoms with Gasteiger partial charge in [-0.05, 0) is 42.8 Å². The van der Waals surface area contributed by atoms with Crippen molar-refractivity contribution >= 4 is 39.2 Å². The highest BCUT2D eigenvalue weighted by Crippen LogP contribution is 2.34. The first kappa shape index (κ1) is 18.4. The van der Waals surface area contributed by atoms with E-state index in [-0.39, 0.29) is 10.6 Å². The average molecular weight is 415 g/mol. The van der Waals surface area contributed by atoms with Crippen LogP contribution >= 0.6 is 27.5 Å². The number of ether oxygens (including phenoxy) is 2. The number of carboxylic acid groups (broad SMARTS) is 1. The Balaban J connectivity index is 2.18. The number of methoxy groups -OCH3 is 1. The smallest absolute Gasteiger partial charge is 0.337 e. The fourth-order valence-corrected chi connectivity index (χ4v) is 2.86. The van der Waals surface area contributed by atoms with Crippen LogP contribution in [0.4, 0.5) is 5.69 Å². The van der Waals surface area contributed by atoms with E-state index >= 15 is 0 Å². The molecule has 0 aliphatic heterocycles. The number of halogens is 2. The quantitative estimate of drug-likeness (QED) is 0.680. The molecule has 0 saturated carbocycles. The summed E-state index contributed by atoms with van der Waals surface area (Å²) in [6.07, 6.45) is 0. The first-order valence-electron chi connectivity index (χ1n) is 7.22. The number of rotatable bonds is 7. The van der Waals surface area contributed by atoms with E-state index in [0.29, 0.717) is 24.7 Å². The molecule has 2 N–H and O–H groups in total. The molecule has 5 nitrogen and oxygen atoms in total. The van der Waals surface area contributed by atoms with Crippen LogP contribution in [-0.4, -0.2) is 24.8 Å². The van der Waals surface area contributed by atoms with Crippen molar-refractivity contribution in [1.82, 2.24) is 0 Å². The molecule has 2 aromatic rings. The van der Waals surface area contributed by atoms with Gasteiger partial charge in [-0.3, -0.25) is 0 Å². The van der Waals surface area contributed by atoms with Gasteiger partial charge in [0.15, 0.2) is 11.5 Å². The Kier molecular flexibility index (Phi) is 6.34. The SMILES string of the molecule is CCOc1cc(CNc2ccc(C(=O)O)c(Cl)c2)c(Br)cc1OC. The van der Waals surface area contributed by atoms with Crippen molar-refractivity contribution in [2.75, 3.05) is 19.0 Å². The molecule has 2 aromatic carbocycles. The summed E-state index contributed by atoms with van der Waals surface area (Å²) in [7, 11) is 1.59. The Morgan fingerprint density at radius 3 is 2.62 bits per heavy atom. The normalized spacial score (nSPS) is 10.3. The molecule has 128 valence electrons. The van der Waals surface area contributed by atoms with Crippen molar-refractivity contribution in [3.05, 3.63) is 51.0 Å². The third-order valence-electron chi connectivity index (χ3n) is 3.31. The lowest BCUT2D eigenvalue weighted by atomic mass is 10.1. The van der Waals surface area contributed by atoms with Crippen molar-refractivity contribution in [3.8, 4) is 11.5 Å². The maximum Gasteiger partial charge on any atom is 0.337 e. The van der Waals surface area contributed by atoms with E-state index in [0.717, 1.165) is 15.7 Å². The highest BCUT2D eigenvalue weighted by molar-refractivity contribution is 9.10. The molecule has 0 heterocycles. The maximum absolute atomic E-state index is 11.0. The number of benzene rings is 2. The molecule has 7 heteroatoms. The van der Waals surface area contributed by atoms with Crippen LogP contribution in [0.5, 0.6) is 11.5 Å². The van der Waals surface area contributed by atoms with E-state index in [1.54, 1.807) is 19.2 Å². The summed E-state index contributed by atoms with van der Waals surface area (Å²) in [5.41, 5.74) is 1.77. The van der Waals surface area contributed by atoms with Crippen LogP contribution in [0.2, 0.25) is 5.02 Å². The Morgan fingerprint density at radius 1 is 1.29 bits per heavy atom. The summed E-state index contributed by atoms with van der Waals surface area (Å²) in [5.74, 6) is 0.270. The number of nitrogens with one attached hydrogen (secondary N) is 1. The minimum atomic E-state index is -1.05. The predicted molar refractivity (Wildman–Crippen MR) is 97.6 cm³/mol. The third kappa shape index (κ3) is 4.33. The summed E-state index contributed by atoms with van der Waals surface area (Å²) >= 11 is 9.49. The van der Waals surface area contributed by atoms with Gasteiger partial charge in [0.1, 0.15) is 0 Å². The minimum Gasteiger partial charge on any atom is -0.493 e. The second-order valence-corrected chi connectivity index (χ2v) is 6.14. The molecule has 0 unspecified atom stereocenters. The van der Waals surface area contributed by atoms with Crippen molar-refractivity contribution in [2.24, 2.45) is 0 Å². The van der Waals surface area contributed by atoms with Crippen molar-refractivity contribution < 1.29 is 19.4 Å². The molecule has 0 saturated heterocycles. The zero-order valence-corrected chi connectivity index (χ0v) is 15.6. The van der Waals surface area contributed by atoms with Gasteiger partial charge < -0.3 is 19.9 Å². The van der Waals surface area contributed by atoms with E-state index in [1.807, 2.05) is 19.1 Å². The van der Waals surface area contributed by atoms with Gasteiger partial charge in [-0.2, -0.15) is 0 Å². The molecular weight excluding hydrogens is 398 g/mol. The highest BCUT2D eigenvalue weighted by atomic mass is 79.9. The van der Waals surface area contributed by atoms with Crippen LogP contribution in [0.15, 0.2) is 34.8 Å². The number of hydrogen-bond acceptors (Lipinski definition) is 4. The lowest BCUT2D eigenvalue weighted by molar-refractivity contribution is 0.0697. The fraction of sp³-hybridized carbons (Fsp3) is 0.235. The van der Waals surface area contributed by atoms with Crippen LogP contribution < -0.4 is 14.8 Å². The molecule has 0 fully saturated rings. The highest BCUT2D eigenvalue weighted by Gasteiger charge is 2.11. The monoisotopic (exact) mass is 413 g/mol. The van der Waals surface area contributed by atoms with Crippen molar-refractivity contribution in [3.63, 3.8) is 0 Å². The van der Waals surface area contributed by atoms with Gasteiger partial charge in [0.05, 0.1) is 24.3 Å². The van der Waals surface area contributed by atoms with Gasteiger partial charge in [0.2, 0.25) is 0 Å². The largest absolute Gasteiger partial charge is 0.493 e. The molecule has 2 rings (SSSR count). The molecule has 0 bridgehead atoms. The molecule has 0 aliphatic rings. The third-order valence-corrected chi connectivity index (χ3v) is 4.37. The Labute approximate surface area is 153 Å². The molecule has 0 atom stereocenters. The Hall–Kier alpha value is -1.92. The minimum absolute atomic E-state index is 0.0754. The van der Waals surface area contributed by atoms with E-state index in [4.69, 9.17) is 26.2 Å². The zero-order valence-electron chi connectivity index (χ0n) is 13.2. The van der Waals surface area contributed by atoms with Gasteiger partial charge in [-0.15, -0.1) is 0 Å². The number of hydrogen-bond donors (Lipinski definition) is 2. The maximum atomic E-state index is 11.0.